The first-order valence-electron chi connectivity index (χ1n) is 15.3. The van der Waals surface area contributed by atoms with Gasteiger partial charge in [0.05, 0.1) is 28.1 Å². The fourth-order valence-electron chi connectivity index (χ4n) is 6.08. The molecule has 45 heavy (non-hydrogen) atoms. The Labute approximate surface area is 259 Å². The minimum absolute atomic E-state index is 0.212. The first kappa shape index (κ1) is 29.0. The standard InChI is InChI=1S/C34H35F2N9/c1-44(2)12-9-38-25-15-22(14-24(35)16-25)26-7-6-8-27-32(26)41-34(40-27)33-29-28(42-43-33)19-39-31(30(29)36)23-13-21(17-37-18-23)20-45-10-4-3-5-11-45/h6-8,13-19,38H,3-5,9-12,20H2,1-2H3,(H,40,41)(H,42,43). The quantitative estimate of drug-likeness (QED) is 0.173. The van der Waals surface area contributed by atoms with E-state index in [4.69, 9.17) is 4.98 Å². The topological polar surface area (TPSA) is 102 Å². The number of likely N-dealkylation sites (N-methyl/N-ethyl adjacent to an activating group) is 1. The molecule has 0 saturated carbocycles. The van der Waals surface area contributed by atoms with Crippen molar-refractivity contribution < 1.29 is 8.78 Å². The summed E-state index contributed by atoms with van der Waals surface area (Å²) in [5.41, 5.74) is 6.16. The van der Waals surface area contributed by atoms with Gasteiger partial charge in [0.2, 0.25) is 0 Å². The number of hydrogen-bond donors (Lipinski definition) is 3. The van der Waals surface area contributed by atoms with E-state index in [9.17, 15) is 4.39 Å². The maximum Gasteiger partial charge on any atom is 0.161 e. The van der Waals surface area contributed by atoms with Crippen LogP contribution in [0.1, 0.15) is 24.8 Å². The highest BCUT2D eigenvalue weighted by atomic mass is 19.1. The maximum absolute atomic E-state index is 16.3. The van der Waals surface area contributed by atoms with Crippen molar-refractivity contribution in [1.29, 1.82) is 0 Å². The predicted octanol–water partition coefficient (Wildman–Crippen LogP) is 6.47. The molecule has 1 aliphatic rings. The third kappa shape index (κ3) is 6.01. The van der Waals surface area contributed by atoms with Gasteiger partial charge >= 0.3 is 0 Å². The van der Waals surface area contributed by atoms with Gasteiger partial charge < -0.3 is 15.2 Å². The molecule has 1 aliphatic heterocycles. The van der Waals surface area contributed by atoms with Crippen LogP contribution in [-0.4, -0.2) is 80.2 Å². The first-order chi connectivity index (χ1) is 21.9. The summed E-state index contributed by atoms with van der Waals surface area (Å²) in [6.07, 6.45) is 8.74. The average Bonchev–Trinajstić information content (AvgIpc) is 3.66. The van der Waals surface area contributed by atoms with Crippen molar-refractivity contribution in [2.75, 3.05) is 45.6 Å². The van der Waals surface area contributed by atoms with E-state index in [0.29, 0.717) is 51.3 Å². The molecule has 230 valence electrons. The van der Waals surface area contributed by atoms with E-state index in [1.165, 1.54) is 31.4 Å². The third-order valence-electron chi connectivity index (χ3n) is 8.30. The summed E-state index contributed by atoms with van der Waals surface area (Å²) in [6.45, 7) is 4.40. The number of nitrogens with zero attached hydrogens (tertiary/aromatic N) is 6. The van der Waals surface area contributed by atoms with Crippen LogP contribution in [0.3, 0.4) is 0 Å². The van der Waals surface area contributed by atoms with Crippen LogP contribution >= 0.6 is 0 Å². The van der Waals surface area contributed by atoms with E-state index < -0.39 is 5.82 Å². The highest BCUT2D eigenvalue weighted by molar-refractivity contribution is 5.98. The summed E-state index contributed by atoms with van der Waals surface area (Å²) in [6, 6.07) is 12.5. The molecule has 0 bridgehead atoms. The number of nitrogens with one attached hydrogen (secondary N) is 3. The Kier molecular flexibility index (Phi) is 7.95. The van der Waals surface area contributed by atoms with Crippen LogP contribution in [0, 0.1) is 11.6 Å². The number of fused-ring (bicyclic) bond motifs is 2. The smallest absolute Gasteiger partial charge is 0.161 e. The van der Waals surface area contributed by atoms with Crippen LogP contribution in [0.25, 0.3) is 55.8 Å². The van der Waals surface area contributed by atoms with Crippen molar-refractivity contribution in [3.63, 3.8) is 0 Å². The summed E-state index contributed by atoms with van der Waals surface area (Å²) in [5.74, 6) is -0.438. The number of likely N-dealkylation sites (tertiary alicyclic amines) is 1. The number of anilines is 1. The van der Waals surface area contributed by atoms with Gasteiger partial charge in [-0.05, 0) is 81.5 Å². The summed E-state index contributed by atoms with van der Waals surface area (Å²) < 4.78 is 31.0. The zero-order chi connectivity index (χ0) is 30.9. The molecule has 0 radical (unpaired) electrons. The Morgan fingerprint density at radius 2 is 1.80 bits per heavy atom. The minimum Gasteiger partial charge on any atom is -0.384 e. The monoisotopic (exact) mass is 607 g/mol. The van der Waals surface area contributed by atoms with E-state index in [0.717, 1.165) is 42.8 Å². The lowest BCUT2D eigenvalue weighted by Gasteiger charge is -2.26. The molecule has 0 unspecified atom stereocenters. The Bertz CT molecular complexity index is 1970. The second kappa shape index (κ2) is 12.3. The van der Waals surface area contributed by atoms with E-state index in [2.05, 4.69) is 40.3 Å². The lowest BCUT2D eigenvalue weighted by Crippen LogP contribution is -2.29. The molecule has 9 nitrogen and oxygen atoms in total. The van der Waals surface area contributed by atoms with Gasteiger partial charge in [-0.2, -0.15) is 5.10 Å². The number of piperidine rings is 1. The summed E-state index contributed by atoms with van der Waals surface area (Å²) in [4.78, 5) is 21.5. The number of benzene rings is 2. The van der Waals surface area contributed by atoms with Crippen molar-refractivity contribution in [2.24, 2.45) is 0 Å². The number of pyridine rings is 2. The van der Waals surface area contributed by atoms with Crippen molar-refractivity contribution in [3.8, 4) is 33.9 Å². The van der Waals surface area contributed by atoms with Crippen LogP contribution in [0.2, 0.25) is 0 Å². The van der Waals surface area contributed by atoms with Crippen LogP contribution in [0.4, 0.5) is 14.5 Å². The molecule has 0 spiro atoms. The molecule has 11 heteroatoms. The molecule has 2 aromatic carbocycles. The lowest BCUT2D eigenvalue weighted by atomic mass is 10.0. The van der Waals surface area contributed by atoms with Gasteiger partial charge in [-0.3, -0.25) is 20.0 Å². The number of aromatic nitrogens is 6. The molecule has 0 amide bonds. The second-order valence-corrected chi connectivity index (χ2v) is 11.9. The van der Waals surface area contributed by atoms with E-state index >= 15 is 4.39 Å². The van der Waals surface area contributed by atoms with Gasteiger partial charge in [0.15, 0.2) is 11.6 Å². The van der Waals surface area contributed by atoms with E-state index in [1.54, 1.807) is 12.4 Å². The van der Waals surface area contributed by atoms with Crippen LogP contribution < -0.4 is 5.32 Å². The molecular weight excluding hydrogens is 572 g/mol. The molecule has 3 N–H and O–H groups in total. The van der Waals surface area contributed by atoms with Gasteiger partial charge in [0.1, 0.15) is 17.2 Å². The van der Waals surface area contributed by atoms with Gasteiger partial charge in [-0.15, -0.1) is 0 Å². The largest absolute Gasteiger partial charge is 0.384 e. The van der Waals surface area contributed by atoms with E-state index in [1.807, 2.05) is 50.6 Å². The zero-order valence-corrected chi connectivity index (χ0v) is 25.4. The van der Waals surface area contributed by atoms with Gasteiger partial charge in [0, 0.05) is 48.8 Å². The predicted molar refractivity (Wildman–Crippen MR) is 174 cm³/mol. The SMILES string of the molecule is CN(C)CCNc1cc(F)cc(-c2cccc3[nH]c(-c4n[nH]c5cnc(-c6cncc(CN7CCCCC7)c6)c(F)c45)nc23)c1. The number of aromatic amines is 2. The van der Waals surface area contributed by atoms with E-state index in [-0.39, 0.29) is 11.5 Å². The number of hydrogen-bond acceptors (Lipinski definition) is 7. The number of rotatable bonds is 9. The second-order valence-electron chi connectivity index (χ2n) is 11.9. The van der Waals surface area contributed by atoms with Crippen molar-refractivity contribution in [2.45, 2.75) is 25.8 Å². The Hall–Kier alpha value is -4.74. The molecule has 4 aromatic heterocycles. The summed E-state index contributed by atoms with van der Waals surface area (Å²) in [7, 11) is 3.98. The Balaban J connectivity index is 1.24. The van der Waals surface area contributed by atoms with Crippen LogP contribution in [0.15, 0.2) is 61.1 Å². The Morgan fingerprint density at radius 3 is 2.64 bits per heavy atom. The van der Waals surface area contributed by atoms with Gasteiger partial charge in [-0.25, -0.2) is 13.8 Å². The van der Waals surface area contributed by atoms with Crippen LogP contribution in [-0.2, 0) is 6.54 Å². The summed E-state index contributed by atoms with van der Waals surface area (Å²) >= 11 is 0. The number of para-hydroxylation sites is 1. The van der Waals surface area contributed by atoms with Crippen molar-refractivity contribution in [1.82, 2.24) is 39.9 Å². The molecule has 5 heterocycles. The van der Waals surface area contributed by atoms with Crippen LogP contribution in [0.5, 0.6) is 0 Å². The normalized spacial score (nSPS) is 14.2. The minimum atomic E-state index is -0.493. The third-order valence-corrected chi connectivity index (χ3v) is 8.30. The van der Waals surface area contributed by atoms with Crippen molar-refractivity contribution in [3.05, 3.63) is 78.3 Å². The number of H-pyrrole nitrogens is 2. The molecule has 0 aliphatic carbocycles. The number of halogens is 2. The Morgan fingerprint density at radius 1 is 0.933 bits per heavy atom. The molecule has 1 fully saturated rings. The average molecular weight is 608 g/mol. The van der Waals surface area contributed by atoms with Gasteiger partial charge in [0.25, 0.3) is 0 Å². The van der Waals surface area contributed by atoms with Crippen molar-refractivity contribution >= 4 is 27.6 Å². The zero-order valence-electron chi connectivity index (χ0n) is 25.4. The molecule has 7 rings (SSSR count). The highest BCUT2D eigenvalue weighted by Crippen LogP contribution is 2.35. The molecular formula is C34H35F2N9. The molecule has 0 atom stereocenters. The number of imidazole rings is 1. The fourth-order valence-corrected chi connectivity index (χ4v) is 6.08. The fraction of sp³-hybridized carbons (Fsp3) is 0.294. The first-order valence-corrected chi connectivity index (χ1v) is 15.3. The lowest BCUT2D eigenvalue weighted by molar-refractivity contribution is 0.220. The van der Waals surface area contributed by atoms with Gasteiger partial charge in [-0.1, -0.05) is 18.6 Å². The summed E-state index contributed by atoms with van der Waals surface area (Å²) in [5, 5.41) is 10.9. The molecule has 1 saturated heterocycles. The highest BCUT2D eigenvalue weighted by Gasteiger charge is 2.22. The maximum atomic E-state index is 16.3. The molecule has 6 aromatic rings.